The highest BCUT2D eigenvalue weighted by molar-refractivity contribution is 6.21. The number of ketones is 2. The summed E-state index contributed by atoms with van der Waals surface area (Å²) in [6.45, 7) is 3.52. The van der Waals surface area contributed by atoms with Crippen LogP contribution in [-0.4, -0.2) is 42.2 Å². The molecule has 6 aliphatic carbocycles. The Morgan fingerprint density at radius 3 is 1.24 bits per heavy atom. The molecule has 8 rings (SSSR count). The van der Waals surface area contributed by atoms with Gasteiger partial charge in [-0.05, 0) is 70.6 Å². The van der Waals surface area contributed by atoms with Crippen LogP contribution in [0.15, 0.2) is 68.9 Å². The molecule has 0 amide bonds. The van der Waals surface area contributed by atoms with Crippen LogP contribution in [0.2, 0.25) is 0 Å². The Morgan fingerprint density at radius 1 is 0.526 bits per heavy atom. The van der Waals surface area contributed by atoms with Crippen molar-refractivity contribution in [2.45, 2.75) is 25.7 Å². The van der Waals surface area contributed by atoms with Crippen LogP contribution in [0.25, 0.3) is 22.6 Å². The molecule has 0 aromatic heterocycles. The first-order valence-electron chi connectivity index (χ1n) is 12.0. The van der Waals surface area contributed by atoms with Crippen molar-refractivity contribution in [3.05, 3.63) is 91.1 Å². The van der Waals surface area contributed by atoms with Crippen LogP contribution in [0.5, 0.6) is 23.0 Å². The maximum atomic E-state index is 13.4. The van der Waals surface area contributed by atoms with Crippen molar-refractivity contribution in [1.82, 2.24) is 0 Å². The minimum atomic E-state index is -0.778. The Bertz CT molecular complexity index is 1780. The van der Waals surface area contributed by atoms with Gasteiger partial charge in [0.05, 0.1) is 22.3 Å². The fraction of sp³-hybridized carbons (Fsp3) is 0.133. The maximum absolute atomic E-state index is 13.4. The lowest BCUT2D eigenvalue weighted by molar-refractivity contribution is -0.112. The molecule has 6 N–H and O–H groups in total. The average molecular weight is 506 g/mol. The maximum Gasteiger partial charge on any atom is 0.190 e. The molecule has 8 nitrogen and oxygen atoms in total. The number of carbonyl (C=O) groups is 2. The second-order valence-corrected chi connectivity index (χ2v) is 10.5. The Hall–Kier alpha value is -4.98. The van der Waals surface area contributed by atoms with Gasteiger partial charge in [0.1, 0.15) is 34.5 Å². The van der Waals surface area contributed by atoms with E-state index in [0.717, 1.165) is 12.1 Å². The summed E-state index contributed by atoms with van der Waals surface area (Å²) in [6.07, 6.45) is 2.80. The van der Waals surface area contributed by atoms with Crippen LogP contribution < -0.4 is 0 Å². The van der Waals surface area contributed by atoms with Crippen LogP contribution >= 0.6 is 0 Å². The zero-order chi connectivity index (χ0) is 26.7. The summed E-state index contributed by atoms with van der Waals surface area (Å²) in [6, 6.07) is 2.06. The summed E-state index contributed by atoms with van der Waals surface area (Å²) in [5.74, 6) is -5.00. The molecular formula is C30H18O8. The van der Waals surface area contributed by atoms with Crippen LogP contribution in [0.1, 0.15) is 47.9 Å². The third kappa shape index (κ3) is 1.97. The third-order valence-electron chi connectivity index (χ3n) is 8.73. The highest BCUT2D eigenvalue weighted by Gasteiger charge is 2.57. The number of benzene rings is 2. The van der Waals surface area contributed by atoms with Gasteiger partial charge in [0.15, 0.2) is 11.6 Å². The number of aliphatic hydroxyl groups excluding tert-OH is 2. The van der Waals surface area contributed by atoms with Crippen molar-refractivity contribution in [2.24, 2.45) is 0 Å². The summed E-state index contributed by atoms with van der Waals surface area (Å²) in [5, 5.41) is 67.0. The quantitative estimate of drug-likeness (QED) is 0.303. The molecule has 2 unspecified atom stereocenters. The molecule has 0 saturated heterocycles. The zero-order valence-electron chi connectivity index (χ0n) is 20.0. The normalized spacial score (nSPS) is 23.6. The van der Waals surface area contributed by atoms with E-state index in [0.29, 0.717) is 44.6 Å². The number of carbonyl (C=O) groups excluding carboxylic acids is 2. The minimum Gasteiger partial charge on any atom is -0.507 e. The van der Waals surface area contributed by atoms with Gasteiger partial charge in [-0.1, -0.05) is 0 Å². The van der Waals surface area contributed by atoms with Crippen molar-refractivity contribution >= 4 is 23.1 Å². The number of hydrogen-bond donors (Lipinski definition) is 6. The van der Waals surface area contributed by atoms with E-state index in [1.807, 2.05) is 0 Å². The van der Waals surface area contributed by atoms with Crippen molar-refractivity contribution in [1.29, 1.82) is 0 Å². The molecule has 2 aromatic carbocycles. The molecule has 6 aliphatic rings. The number of phenolic OH excluding ortho intramolecular Hbond substituents is 4. The van der Waals surface area contributed by atoms with E-state index in [1.165, 1.54) is 12.2 Å². The van der Waals surface area contributed by atoms with Crippen LogP contribution in [0.3, 0.4) is 0 Å². The summed E-state index contributed by atoms with van der Waals surface area (Å²) in [7, 11) is 0. The van der Waals surface area contributed by atoms with Gasteiger partial charge >= 0.3 is 0 Å². The third-order valence-corrected chi connectivity index (χ3v) is 8.73. The average Bonchev–Trinajstić information content (AvgIpc) is 2.82. The van der Waals surface area contributed by atoms with Gasteiger partial charge in [-0.15, -0.1) is 0 Å². The Labute approximate surface area is 214 Å². The molecule has 0 saturated carbocycles. The van der Waals surface area contributed by atoms with E-state index in [2.05, 4.69) is 0 Å². The number of allylic oxidation sites excluding steroid dienone is 10. The first-order chi connectivity index (χ1) is 18.0. The molecule has 0 aliphatic heterocycles. The Balaban J connectivity index is 1.72. The van der Waals surface area contributed by atoms with E-state index in [9.17, 15) is 40.2 Å². The van der Waals surface area contributed by atoms with Gasteiger partial charge < -0.3 is 30.6 Å². The molecule has 186 valence electrons. The zero-order valence-corrected chi connectivity index (χ0v) is 20.0. The predicted molar refractivity (Wildman–Crippen MR) is 135 cm³/mol. The molecule has 0 heterocycles. The first-order valence-corrected chi connectivity index (χ1v) is 12.0. The Morgan fingerprint density at radius 2 is 0.868 bits per heavy atom. The summed E-state index contributed by atoms with van der Waals surface area (Å²) in [4.78, 5) is 26.8. The SMILES string of the molecule is CC1=CC(=O)C2=C(O)c3c(O)cc(O)c4c3C3C2=C1C1=C2C(=C(O)c5c(O)cc(O)c-4c5C23)C(=O)C=C1C. The number of phenols is 4. The van der Waals surface area contributed by atoms with E-state index in [-0.39, 0.29) is 44.9 Å². The number of rotatable bonds is 0. The number of fused-ring (bicyclic) bond motifs is 2. The molecule has 2 atom stereocenters. The van der Waals surface area contributed by atoms with Gasteiger partial charge in [0.25, 0.3) is 0 Å². The molecule has 0 bridgehead atoms. The van der Waals surface area contributed by atoms with Crippen molar-refractivity contribution in [3.8, 4) is 34.1 Å². The largest absolute Gasteiger partial charge is 0.507 e. The smallest absolute Gasteiger partial charge is 0.190 e. The van der Waals surface area contributed by atoms with Gasteiger partial charge in [-0.25, -0.2) is 0 Å². The molecule has 0 spiro atoms. The minimum absolute atomic E-state index is 0.0148. The molecule has 38 heavy (non-hydrogen) atoms. The van der Waals surface area contributed by atoms with Crippen LogP contribution in [-0.2, 0) is 9.59 Å². The van der Waals surface area contributed by atoms with E-state index >= 15 is 0 Å². The standard InChI is InChI=1S/C30H18O8/c1-7-3-9(31)19-23-15(7)16-8(2)4-10(32)20-24(16)28-26-18(12(34)6-14(36)22(26)30(20)38)17-11(33)5-13(35)21(29(19)37)25(17)27(23)28/h3-6,27-28,33-38H,1-2H3. The number of aromatic hydroxyl groups is 4. The van der Waals surface area contributed by atoms with Crippen LogP contribution in [0.4, 0.5) is 0 Å². The molecular weight excluding hydrogens is 488 g/mol. The van der Waals surface area contributed by atoms with Gasteiger partial charge in [-0.2, -0.15) is 0 Å². The second kappa shape index (κ2) is 6.11. The highest BCUT2D eigenvalue weighted by Crippen LogP contribution is 2.71. The van der Waals surface area contributed by atoms with Crippen molar-refractivity contribution in [3.63, 3.8) is 0 Å². The van der Waals surface area contributed by atoms with E-state index in [4.69, 9.17) is 0 Å². The van der Waals surface area contributed by atoms with Gasteiger partial charge in [0.2, 0.25) is 0 Å². The fourth-order valence-electron chi connectivity index (χ4n) is 7.60. The lowest BCUT2D eigenvalue weighted by atomic mass is 9.51. The Kier molecular flexibility index (Phi) is 3.40. The van der Waals surface area contributed by atoms with Gasteiger partial charge in [0, 0.05) is 35.1 Å². The first kappa shape index (κ1) is 21.1. The van der Waals surface area contributed by atoms with Crippen molar-refractivity contribution < 1.29 is 40.2 Å². The lowest BCUT2D eigenvalue weighted by Crippen LogP contribution is -2.38. The highest BCUT2D eigenvalue weighted by atomic mass is 16.3. The predicted octanol–water partition coefficient (Wildman–Crippen LogP) is 4.59. The molecule has 2 aromatic rings. The van der Waals surface area contributed by atoms with Gasteiger partial charge in [-0.3, -0.25) is 9.59 Å². The van der Waals surface area contributed by atoms with Crippen molar-refractivity contribution in [2.75, 3.05) is 0 Å². The second-order valence-electron chi connectivity index (χ2n) is 10.5. The molecule has 0 fully saturated rings. The molecule has 0 radical (unpaired) electrons. The van der Waals surface area contributed by atoms with E-state index < -0.39 is 46.4 Å². The number of hydrogen-bond acceptors (Lipinski definition) is 8. The number of aliphatic hydroxyl groups is 2. The van der Waals surface area contributed by atoms with Crippen LogP contribution in [0, 0.1) is 0 Å². The summed E-state index contributed by atoms with van der Waals surface area (Å²) < 4.78 is 0. The lowest BCUT2D eigenvalue weighted by Gasteiger charge is -2.50. The fourth-order valence-corrected chi connectivity index (χ4v) is 7.60. The monoisotopic (exact) mass is 506 g/mol. The molecule has 8 heteroatoms. The summed E-state index contributed by atoms with van der Waals surface area (Å²) >= 11 is 0. The summed E-state index contributed by atoms with van der Waals surface area (Å²) in [5.41, 5.74) is 4.21. The topological polar surface area (TPSA) is 156 Å². The van der Waals surface area contributed by atoms with E-state index in [1.54, 1.807) is 13.8 Å².